The van der Waals surface area contributed by atoms with Crippen LogP contribution in [0.1, 0.15) is 24.3 Å². The molecular weight excluding hydrogens is 294 g/mol. The molecule has 9 nitrogen and oxygen atoms in total. The Morgan fingerprint density at radius 3 is 2.18 bits per heavy atom. The lowest BCUT2D eigenvalue weighted by Crippen LogP contribution is -2.32. The van der Waals surface area contributed by atoms with E-state index in [2.05, 4.69) is 0 Å². The Labute approximate surface area is 126 Å². The van der Waals surface area contributed by atoms with E-state index in [1.807, 2.05) is 0 Å². The zero-order valence-corrected chi connectivity index (χ0v) is 12.3. The summed E-state index contributed by atoms with van der Waals surface area (Å²) in [6, 6.07) is 2.28. The van der Waals surface area contributed by atoms with Crippen molar-refractivity contribution in [1.29, 1.82) is 0 Å². The van der Waals surface area contributed by atoms with Gasteiger partial charge < -0.3 is 14.4 Å². The van der Waals surface area contributed by atoms with E-state index in [1.54, 1.807) is 32.1 Å². The number of ether oxygens (including phenoxy) is 2. The summed E-state index contributed by atoms with van der Waals surface area (Å²) in [7, 11) is 3.52. The standard InChI is InChI=1S/C13H15N3O6/c1-8-21-13(22-8)10-6-9(4-5-14(2)3)11(15(17)18)7-12(10)16(19)20/h4-8,13H,1-3H3/b5-4+. The normalized spacial score (nSPS) is 20.7. The molecule has 0 amide bonds. The lowest BCUT2D eigenvalue weighted by molar-refractivity contribution is -0.407. The molecular formula is C13H15N3O6. The topological polar surface area (TPSA) is 108 Å². The smallest absolute Gasteiger partial charge is 0.284 e. The lowest BCUT2D eigenvalue weighted by Gasteiger charge is -2.33. The van der Waals surface area contributed by atoms with E-state index in [4.69, 9.17) is 9.47 Å². The van der Waals surface area contributed by atoms with E-state index in [-0.39, 0.29) is 16.8 Å². The molecule has 1 aromatic rings. The Morgan fingerprint density at radius 2 is 1.73 bits per heavy atom. The second-order valence-corrected chi connectivity index (χ2v) is 4.94. The Balaban J connectivity index is 2.54. The molecule has 1 fully saturated rings. The lowest BCUT2D eigenvalue weighted by atomic mass is 10.0. The minimum Gasteiger partial charge on any atom is -0.383 e. The minimum absolute atomic E-state index is 0.159. The van der Waals surface area contributed by atoms with Gasteiger partial charge in [0.25, 0.3) is 11.4 Å². The largest absolute Gasteiger partial charge is 0.383 e. The van der Waals surface area contributed by atoms with Gasteiger partial charge in [-0.25, -0.2) is 0 Å². The predicted molar refractivity (Wildman–Crippen MR) is 76.8 cm³/mol. The van der Waals surface area contributed by atoms with Crippen LogP contribution in [0.4, 0.5) is 11.4 Å². The molecule has 2 rings (SSSR count). The SMILES string of the molecule is CC1OC(c2cc(/C=C/N(C)C)c([N+](=O)[O-])cc2[N+](=O)[O-])O1. The Bertz CT molecular complexity index is 637. The third kappa shape index (κ3) is 3.21. The minimum atomic E-state index is -0.886. The Hall–Kier alpha value is -2.52. The van der Waals surface area contributed by atoms with Gasteiger partial charge in [0.1, 0.15) is 0 Å². The molecule has 1 heterocycles. The fourth-order valence-electron chi connectivity index (χ4n) is 1.98. The van der Waals surface area contributed by atoms with E-state index >= 15 is 0 Å². The monoisotopic (exact) mass is 309 g/mol. The molecule has 0 radical (unpaired) electrons. The fraction of sp³-hybridized carbons (Fsp3) is 0.385. The highest BCUT2D eigenvalue weighted by molar-refractivity contribution is 5.66. The van der Waals surface area contributed by atoms with E-state index in [0.29, 0.717) is 0 Å². The maximum Gasteiger partial charge on any atom is 0.284 e. The summed E-state index contributed by atoms with van der Waals surface area (Å²) in [6.45, 7) is 1.65. The van der Waals surface area contributed by atoms with Gasteiger partial charge in [-0.2, -0.15) is 0 Å². The molecule has 118 valence electrons. The van der Waals surface area contributed by atoms with Crippen LogP contribution in [0, 0.1) is 20.2 Å². The summed E-state index contributed by atoms with van der Waals surface area (Å²) < 4.78 is 10.5. The maximum atomic E-state index is 11.1. The second kappa shape index (κ2) is 6.08. The van der Waals surface area contributed by atoms with E-state index in [0.717, 1.165) is 6.07 Å². The number of benzene rings is 1. The van der Waals surface area contributed by atoms with Crippen molar-refractivity contribution in [3.63, 3.8) is 0 Å². The van der Waals surface area contributed by atoms with Gasteiger partial charge in [-0.15, -0.1) is 0 Å². The van der Waals surface area contributed by atoms with Gasteiger partial charge in [0.2, 0.25) is 0 Å². The molecule has 0 bridgehead atoms. The van der Waals surface area contributed by atoms with E-state index < -0.39 is 28.1 Å². The number of nitro benzene ring substituents is 2. The predicted octanol–water partition coefficient (Wildman–Crippen LogP) is 2.43. The third-order valence-corrected chi connectivity index (χ3v) is 3.01. The van der Waals surface area contributed by atoms with E-state index in [9.17, 15) is 20.2 Å². The van der Waals surface area contributed by atoms with Crippen LogP contribution in [0.15, 0.2) is 18.3 Å². The first-order valence-electron chi connectivity index (χ1n) is 6.42. The zero-order chi connectivity index (χ0) is 16.4. The first-order chi connectivity index (χ1) is 10.3. The van der Waals surface area contributed by atoms with Gasteiger partial charge in [-0.1, -0.05) is 0 Å². The summed E-state index contributed by atoms with van der Waals surface area (Å²) in [5, 5.41) is 22.3. The van der Waals surface area contributed by atoms with Crippen molar-refractivity contribution in [2.75, 3.05) is 14.1 Å². The van der Waals surface area contributed by atoms with Gasteiger partial charge in [-0.3, -0.25) is 20.2 Å². The van der Waals surface area contributed by atoms with Crippen molar-refractivity contribution in [3.05, 3.63) is 49.7 Å². The van der Waals surface area contributed by atoms with Crippen molar-refractivity contribution in [2.24, 2.45) is 0 Å². The highest BCUT2D eigenvalue weighted by Gasteiger charge is 2.36. The number of hydrogen-bond acceptors (Lipinski definition) is 7. The van der Waals surface area contributed by atoms with Crippen LogP contribution in [-0.2, 0) is 9.47 Å². The van der Waals surface area contributed by atoms with E-state index in [1.165, 1.54) is 12.1 Å². The summed E-state index contributed by atoms with van der Waals surface area (Å²) >= 11 is 0. The fourth-order valence-corrected chi connectivity index (χ4v) is 1.98. The highest BCUT2D eigenvalue weighted by Crippen LogP contribution is 2.40. The van der Waals surface area contributed by atoms with Gasteiger partial charge in [0, 0.05) is 14.1 Å². The van der Waals surface area contributed by atoms with Crippen LogP contribution >= 0.6 is 0 Å². The average Bonchev–Trinajstić information content (AvgIpc) is 2.40. The summed E-state index contributed by atoms with van der Waals surface area (Å²) in [4.78, 5) is 22.6. The van der Waals surface area contributed by atoms with Crippen LogP contribution in [0.25, 0.3) is 6.08 Å². The molecule has 9 heteroatoms. The van der Waals surface area contributed by atoms with Crippen LogP contribution in [0.3, 0.4) is 0 Å². The molecule has 1 aromatic carbocycles. The van der Waals surface area contributed by atoms with Gasteiger partial charge >= 0.3 is 0 Å². The van der Waals surface area contributed by atoms with Crippen LogP contribution in [0.5, 0.6) is 0 Å². The van der Waals surface area contributed by atoms with Crippen molar-refractivity contribution < 1.29 is 19.3 Å². The third-order valence-electron chi connectivity index (χ3n) is 3.01. The molecule has 1 aliphatic rings. The van der Waals surface area contributed by atoms with Crippen LogP contribution in [0.2, 0.25) is 0 Å². The second-order valence-electron chi connectivity index (χ2n) is 4.94. The Morgan fingerprint density at radius 1 is 1.14 bits per heavy atom. The van der Waals surface area contributed by atoms with Crippen LogP contribution in [-0.4, -0.2) is 35.1 Å². The van der Waals surface area contributed by atoms with Gasteiger partial charge in [-0.05, 0) is 25.3 Å². The van der Waals surface area contributed by atoms with Crippen LogP contribution < -0.4 is 0 Å². The maximum absolute atomic E-state index is 11.1. The molecule has 22 heavy (non-hydrogen) atoms. The molecule has 0 N–H and O–H groups in total. The molecule has 0 spiro atoms. The van der Waals surface area contributed by atoms with Gasteiger partial charge in [0.05, 0.1) is 27.0 Å². The van der Waals surface area contributed by atoms with Crippen molar-refractivity contribution in [2.45, 2.75) is 19.5 Å². The van der Waals surface area contributed by atoms with Gasteiger partial charge in [0.15, 0.2) is 12.6 Å². The quantitative estimate of drug-likeness (QED) is 0.607. The first kappa shape index (κ1) is 15.9. The number of rotatable bonds is 5. The molecule has 0 aliphatic carbocycles. The Kier molecular flexibility index (Phi) is 4.38. The highest BCUT2D eigenvalue weighted by atomic mass is 16.9. The van der Waals surface area contributed by atoms with Crippen molar-refractivity contribution in [1.82, 2.24) is 4.90 Å². The number of nitro groups is 2. The molecule has 0 saturated carbocycles. The summed E-state index contributed by atoms with van der Waals surface area (Å²) in [5.41, 5.74) is -0.343. The first-order valence-corrected chi connectivity index (χ1v) is 6.42. The average molecular weight is 309 g/mol. The molecule has 1 aliphatic heterocycles. The summed E-state index contributed by atoms with van der Waals surface area (Å²) in [6.07, 6.45) is 1.78. The summed E-state index contributed by atoms with van der Waals surface area (Å²) in [5.74, 6) is 0. The van der Waals surface area contributed by atoms with Crippen molar-refractivity contribution in [3.8, 4) is 0 Å². The molecule has 0 aromatic heterocycles. The number of nitrogens with zero attached hydrogens (tertiary/aromatic N) is 3. The molecule has 0 atom stereocenters. The molecule has 0 unspecified atom stereocenters. The molecule has 1 saturated heterocycles. The van der Waals surface area contributed by atoms with Crippen molar-refractivity contribution >= 4 is 17.5 Å². The number of hydrogen-bond donors (Lipinski definition) is 0. The zero-order valence-electron chi connectivity index (χ0n) is 12.3.